The highest BCUT2D eigenvalue weighted by molar-refractivity contribution is 6.30. The number of hydrogen-bond donors (Lipinski definition) is 3. The summed E-state index contributed by atoms with van der Waals surface area (Å²) in [6.45, 7) is 4.33. The van der Waals surface area contributed by atoms with Crippen molar-refractivity contribution in [2.45, 2.75) is 38.8 Å². The van der Waals surface area contributed by atoms with E-state index in [-0.39, 0.29) is 12.3 Å². The average Bonchev–Trinajstić information content (AvgIpc) is 2.51. The third kappa shape index (κ3) is 8.37. The Hall–Kier alpha value is -2.32. The summed E-state index contributed by atoms with van der Waals surface area (Å²) >= 11 is 5.78. The zero-order valence-corrected chi connectivity index (χ0v) is 15.0. The van der Waals surface area contributed by atoms with Crippen LogP contribution in [0, 0.1) is 0 Å². The van der Waals surface area contributed by atoms with Crippen LogP contribution in [0.1, 0.15) is 26.3 Å². The second kappa shape index (κ2) is 9.24. The van der Waals surface area contributed by atoms with Gasteiger partial charge in [0.05, 0.1) is 6.61 Å². The van der Waals surface area contributed by atoms with Crippen molar-refractivity contribution in [3.05, 3.63) is 34.9 Å². The molecule has 1 amide bonds. The second-order valence-corrected chi connectivity index (χ2v) is 6.61. The molecule has 25 heavy (non-hydrogen) atoms. The number of amides is 1. The van der Waals surface area contributed by atoms with E-state index in [1.54, 1.807) is 45.0 Å². The Kier molecular flexibility index (Phi) is 7.66. The molecule has 1 aromatic rings. The van der Waals surface area contributed by atoms with Gasteiger partial charge in [-0.1, -0.05) is 28.9 Å². The molecule has 1 atom stereocenters. The zero-order valence-electron chi connectivity index (χ0n) is 14.3. The van der Waals surface area contributed by atoms with Crippen molar-refractivity contribution in [3.63, 3.8) is 0 Å². The molecule has 9 heteroatoms. The highest BCUT2D eigenvalue weighted by Gasteiger charge is 2.25. The fraction of sp³-hybridized carbons (Fsp3) is 0.438. The van der Waals surface area contributed by atoms with Gasteiger partial charge in [0.25, 0.3) is 0 Å². The number of nitrogens with two attached hydrogens (primary N) is 1. The van der Waals surface area contributed by atoms with Gasteiger partial charge in [0.15, 0.2) is 6.04 Å². The summed E-state index contributed by atoms with van der Waals surface area (Å²) in [5.41, 5.74) is 5.77. The van der Waals surface area contributed by atoms with Crippen LogP contribution in [0.5, 0.6) is 0 Å². The predicted molar refractivity (Wildman–Crippen MR) is 93.1 cm³/mol. The lowest BCUT2D eigenvalue weighted by Gasteiger charge is -2.21. The van der Waals surface area contributed by atoms with Crippen LogP contribution in [0.25, 0.3) is 0 Å². The maximum absolute atomic E-state index is 11.8. The van der Waals surface area contributed by atoms with Gasteiger partial charge < -0.3 is 25.7 Å². The van der Waals surface area contributed by atoms with Crippen LogP contribution in [0.3, 0.4) is 0 Å². The largest absolute Gasteiger partial charge is 0.444 e. The molecule has 0 spiro atoms. The summed E-state index contributed by atoms with van der Waals surface area (Å²) in [6.07, 6.45) is -0.616. The van der Waals surface area contributed by atoms with E-state index < -0.39 is 30.3 Å². The minimum absolute atomic E-state index is 0.0460. The second-order valence-electron chi connectivity index (χ2n) is 6.18. The summed E-state index contributed by atoms with van der Waals surface area (Å²) in [5, 5.41) is 15.5. The normalized spacial score (nSPS) is 13.1. The number of nitrogens with one attached hydrogen (secondary N) is 1. The number of halogens is 1. The Morgan fingerprint density at radius 3 is 2.44 bits per heavy atom. The maximum Gasteiger partial charge on any atom is 0.408 e. The average molecular weight is 372 g/mol. The number of aliphatic hydroxyl groups is 1. The standard InChI is InChI=1S/C16H22ClN3O5/c1-16(2,3)24-15(23)19-12(9-21)14(22)25-20-13(18)8-10-4-6-11(17)7-5-10/h4-7,12,21H,8-9H2,1-3H3,(H2,18,20)(H,19,23)/t12-/m0/s1. The van der Waals surface area contributed by atoms with Gasteiger partial charge in [-0.3, -0.25) is 0 Å². The molecule has 0 saturated heterocycles. The summed E-state index contributed by atoms with van der Waals surface area (Å²) in [7, 11) is 0. The van der Waals surface area contributed by atoms with Gasteiger partial charge in [-0.05, 0) is 38.5 Å². The number of oxime groups is 1. The topological polar surface area (TPSA) is 123 Å². The van der Waals surface area contributed by atoms with Gasteiger partial charge in [0.1, 0.15) is 11.4 Å². The van der Waals surface area contributed by atoms with Gasteiger partial charge in [-0.25, -0.2) is 9.59 Å². The van der Waals surface area contributed by atoms with Crippen LogP contribution in [0.15, 0.2) is 29.4 Å². The van der Waals surface area contributed by atoms with Crippen molar-refractivity contribution in [1.29, 1.82) is 0 Å². The number of carbonyl (C=O) groups excluding carboxylic acids is 2. The van der Waals surface area contributed by atoms with Crippen molar-refractivity contribution in [2.24, 2.45) is 10.9 Å². The van der Waals surface area contributed by atoms with Gasteiger partial charge in [0, 0.05) is 11.4 Å². The van der Waals surface area contributed by atoms with Gasteiger partial charge in [-0.2, -0.15) is 0 Å². The van der Waals surface area contributed by atoms with E-state index in [0.717, 1.165) is 5.56 Å². The van der Waals surface area contributed by atoms with Crippen LogP contribution in [-0.4, -0.2) is 41.3 Å². The van der Waals surface area contributed by atoms with E-state index in [4.69, 9.17) is 22.1 Å². The van der Waals surface area contributed by atoms with E-state index in [0.29, 0.717) is 5.02 Å². The predicted octanol–water partition coefficient (Wildman–Crippen LogP) is 1.58. The first-order chi connectivity index (χ1) is 11.6. The molecule has 0 fully saturated rings. The SMILES string of the molecule is CC(C)(C)OC(=O)N[C@@H](CO)C(=O)O/N=C(\N)Cc1ccc(Cl)cc1. The third-order valence-corrected chi connectivity index (χ3v) is 2.96. The number of hydrogen-bond acceptors (Lipinski definition) is 6. The summed E-state index contributed by atoms with van der Waals surface area (Å²) in [6, 6.07) is 5.59. The van der Waals surface area contributed by atoms with Gasteiger partial charge in [-0.15, -0.1) is 0 Å². The smallest absolute Gasteiger partial charge is 0.408 e. The minimum atomic E-state index is -1.32. The first-order valence-corrected chi connectivity index (χ1v) is 7.86. The van der Waals surface area contributed by atoms with Crippen LogP contribution in [0.2, 0.25) is 5.02 Å². The van der Waals surface area contributed by atoms with Crippen molar-refractivity contribution >= 4 is 29.5 Å². The Morgan fingerprint density at radius 1 is 1.32 bits per heavy atom. The van der Waals surface area contributed by atoms with Crippen LogP contribution >= 0.6 is 11.6 Å². The number of ether oxygens (including phenoxy) is 1. The van der Waals surface area contributed by atoms with E-state index in [2.05, 4.69) is 15.3 Å². The molecule has 138 valence electrons. The summed E-state index contributed by atoms with van der Waals surface area (Å²) in [5.74, 6) is -0.919. The minimum Gasteiger partial charge on any atom is -0.444 e. The highest BCUT2D eigenvalue weighted by atomic mass is 35.5. The molecule has 0 bridgehead atoms. The van der Waals surface area contributed by atoms with Crippen molar-refractivity contribution in [3.8, 4) is 0 Å². The summed E-state index contributed by atoms with van der Waals surface area (Å²) in [4.78, 5) is 28.1. The van der Waals surface area contributed by atoms with Gasteiger partial charge >= 0.3 is 12.1 Å². The van der Waals surface area contributed by atoms with E-state index in [1.807, 2.05) is 0 Å². The maximum atomic E-state index is 11.8. The monoisotopic (exact) mass is 371 g/mol. The number of benzene rings is 1. The molecule has 0 unspecified atom stereocenters. The Bertz CT molecular complexity index is 626. The Labute approximate surface area is 150 Å². The highest BCUT2D eigenvalue weighted by Crippen LogP contribution is 2.10. The number of amidine groups is 1. The molecule has 4 N–H and O–H groups in total. The van der Waals surface area contributed by atoms with E-state index in [9.17, 15) is 14.7 Å². The molecule has 0 saturated carbocycles. The first kappa shape index (κ1) is 20.7. The lowest BCUT2D eigenvalue weighted by molar-refractivity contribution is -0.147. The fourth-order valence-corrected chi connectivity index (χ4v) is 1.77. The molecular formula is C16H22ClN3O5. The molecule has 0 aliphatic rings. The molecule has 0 aliphatic heterocycles. The number of carbonyl (C=O) groups is 2. The van der Waals surface area contributed by atoms with E-state index in [1.165, 1.54) is 0 Å². The molecular weight excluding hydrogens is 350 g/mol. The van der Waals surface area contributed by atoms with E-state index >= 15 is 0 Å². The van der Waals surface area contributed by atoms with Crippen LogP contribution < -0.4 is 11.1 Å². The van der Waals surface area contributed by atoms with Crippen molar-refractivity contribution < 1.29 is 24.3 Å². The molecule has 0 heterocycles. The molecule has 0 aromatic heterocycles. The molecule has 1 aromatic carbocycles. The molecule has 0 aliphatic carbocycles. The number of aliphatic hydroxyl groups excluding tert-OH is 1. The lowest BCUT2D eigenvalue weighted by atomic mass is 10.1. The first-order valence-electron chi connectivity index (χ1n) is 7.48. The Morgan fingerprint density at radius 2 is 1.92 bits per heavy atom. The Balaban J connectivity index is 2.56. The fourth-order valence-electron chi connectivity index (χ4n) is 1.64. The third-order valence-electron chi connectivity index (χ3n) is 2.71. The van der Waals surface area contributed by atoms with Crippen LogP contribution in [-0.2, 0) is 20.8 Å². The molecule has 1 rings (SSSR count). The number of alkyl carbamates (subject to hydrolysis) is 1. The van der Waals surface area contributed by atoms with Crippen molar-refractivity contribution in [1.82, 2.24) is 5.32 Å². The molecule has 8 nitrogen and oxygen atoms in total. The summed E-state index contributed by atoms with van der Waals surface area (Å²) < 4.78 is 4.99. The lowest BCUT2D eigenvalue weighted by Crippen LogP contribution is -2.46. The van der Waals surface area contributed by atoms with Crippen LogP contribution in [0.4, 0.5) is 4.79 Å². The van der Waals surface area contributed by atoms with Gasteiger partial charge in [0.2, 0.25) is 0 Å². The number of rotatable bonds is 6. The quantitative estimate of drug-likeness (QED) is 0.302. The van der Waals surface area contributed by atoms with Crippen molar-refractivity contribution in [2.75, 3.05) is 6.61 Å². The number of nitrogens with zero attached hydrogens (tertiary/aromatic N) is 1. The molecule has 0 radical (unpaired) electrons. The zero-order chi connectivity index (χ0) is 19.0.